The Morgan fingerprint density at radius 1 is 1.54 bits per heavy atom. The molecule has 0 spiro atoms. The smallest absolute Gasteiger partial charge is 0.173 e. The molecule has 0 amide bonds. The summed E-state index contributed by atoms with van der Waals surface area (Å²) in [6, 6.07) is 5.79. The van der Waals surface area contributed by atoms with Crippen molar-refractivity contribution in [3.63, 3.8) is 0 Å². The first-order chi connectivity index (χ1) is 6.15. The first-order valence-corrected chi connectivity index (χ1v) is 6.12. The second-order valence-electron chi connectivity index (χ2n) is 2.82. The second-order valence-corrected chi connectivity index (χ2v) is 4.60. The zero-order valence-electron chi connectivity index (χ0n) is 7.63. The van der Waals surface area contributed by atoms with E-state index >= 15 is 0 Å². The highest BCUT2D eigenvalue weighted by atomic mass is 79.9. The number of carbonyl (C=O) groups is 1. The van der Waals surface area contributed by atoms with Crippen LogP contribution in [0.2, 0.25) is 0 Å². The van der Waals surface area contributed by atoms with Crippen LogP contribution in [0.15, 0.2) is 22.7 Å². The van der Waals surface area contributed by atoms with Crippen molar-refractivity contribution in [3.8, 4) is 0 Å². The number of benzene rings is 1. The van der Waals surface area contributed by atoms with Gasteiger partial charge in [0.15, 0.2) is 5.78 Å². The third kappa shape index (κ3) is 2.85. The molecule has 1 rings (SSSR count). The summed E-state index contributed by atoms with van der Waals surface area (Å²) >= 11 is 4.91. The van der Waals surface area contributed by atoms with Crippen LogP contribution in [-0.2, 0) is 0 Å². The predicted octanol–water partition coefficient (Wildman–Crippen LogP) is 3.30. The largest absolute Gasteiger partial charge is 0.293 e. The molecule has 0 radical (unpaired) electrons. The molecule has 1 aromatic rings. The van der Waals surface area contributed by atoms with Crippen LogP contribution in [0.5, 0.6) is 0 Å². The number of Topliss-reactive ketones (excluding diaryl/α,β-unsaturated/α-hetero) is 1. The quantitative estimate of drug-likeness (QED) is 0.775. The van der Waals surface area contributed by atoms with Crippen LogP contribution < -0.4 is 0 Å². The summed E-state index contributed by atoms with van der Waals surface area (Å²) in [5, 5.41) is 0. The van der Waals surface area contributed by atoms with Crippen LogP contribution in [0, 0.1) is 6.92 Å². The van der Waals surface area contributed by atoms with Gasteiger partial charge in [0, 0.05) is 10.0 Å². The van der Waals surface area contributed by atoms with E-state index in [4.69, 9.17) is 0 Å². The third-order valence-electron chi connectivity index (χ3n) is 1.78. The highest BCUT2D eigenvalue weighted by Crippen LogP contribution is 2.17. The number of ketones is 1. The lowest BCUT2D eigenvalue weighted by Gasteiger charge is -2.03. The van der Waals surface area contributed by atoms with Crippen molar-refractivity contribution in [1.82, 2.24) is 0 Å². The Bertz CT molecular complexity index is 323. The van der Waals surface area contributed by atoms with Crippen LogP contribution in [-0.4, -0.2) is 17.8 Å². The van der Waals surface area contributed by atoms with Crippen molar-refractivity contribution >= 4 is 33.5 Å². The number of hydrogen-bond acceptors (Lipinski definition) is 2. The molecule has 0 aliphatic heterocycles. The van der Waals surface area contributed by atoms with Gasteiger partial charge in [-0.3, -0.25) is 4.79 Å². The average molecular weight is 259 g/mol. The van der Waals surface area contributed by atoms with Gasteiger partial charge >= 0.3 is 0 Å². The number of aryl methyl sites for hydroxylation is 1. The molecule has 0 saturated heterocycles. The minimum atomic E-state index is 0.200. The molecule has 0 aliphatic carbocycles. The van der Waals surface area contributed by atoms with E-state index in [9.17, 15) is 4.79 Å². The fourth-order valence-electron chi connectivity index (χ4n) is 1.10. The Balaban J connectivity index is 2.99. The molecule has 0 unspecified atom stereocenters. The van der Waals surface area contributed by atoms with Gasteiger partial charge in [0.05, 0.1) is 5.75 Å². The molecule has 70 valence electrons. The number of hydrogen-bond donors (Lipinski definition) is 0. The summed E-state index contributed by atoms with van der Waals surface area (Å²) in [4.78, 5) is 11.6. The van der Waals surface area contributed by atoms with E-state index in [0.717, 1.165) is 15.6 Å². The van der Waals surface area contributed by atoms with Crippen molar-refractivity contribution < 1.29 is 4.79 Å². The topological polar surface area (TPSA) is 17.1 Å². The van der Waals surface area contributed by atoms with E-state index < -0.39 is 0 Å². The molecule has 0 atom stereocenters. The molecule has 0 aromatic heterocycles. The maximum absolute atomic E-state index is 11.6. The fourth-order valence-corrected chi connectivity index (χ4v) is 1.88. The normalized spacial score (nSPS) is 10.1. The van der Waals surface area contributed by atoms with E-state index in [-0.39, 0.29) is 5.78 Å². The molecule has 1 nitrogen and oxygen atoms in total. The molecule has 3 heteroatoms. The van der Waals surface area contributed by atoms with Crippen LogP contribution in [0.3, 0.4) is 0 Å². The van der Waals surface area contributed by atoms with E-state index in [1.54, 1.807) is 11.8 Å². The minimum Gasteiger partial charge on any atom is -0.293 e. The van der Waals surface area contributed by atoms with Gasteiger partial charge in [-0.05, 0) is 30.9 Å². The Labute approximate surface area is 91.0 Å². The van der Waals surface area contributed by atoms with Crippen molar-refractivity contribution in [1.29, 1.82) is 0 Å². The van der Waals surface area contributed by atoms with Gasteiger partial charge in [-0.1, -0.05) is 22.0 Å². The monoisotopic (exact) mass is 258 g/mol. The fraction of sp³-hybridized carbons (Fsp3) is 0.300. The van der Waals surface area contributed by atoms with E-state index in [1.807, 2.05) is 31.4 Å². The summed E-state index contributed by atoms with van der Waals surface area (Å²) in [7, 11) is 0. The Kier molecular flexibility index (Phi) is 4.00. The van der Waals surface area contributed by atoms with Crippen LogP contribution in [0.25, 0.3) is 0 Å². The molecular weight excluding hydrogens is 248 g/mol. The lowest BCUT2D eigenvalue weighted by molar-refractivity contribution is 0.102. The number of rotatable bonds is 3. The lowest BCUT2D eigenvalue weighted by Crippen LogP contribution is -2.04. The average Bonchev–Trinajstić information content (AvgIpc) is 2.09. The Hall–Kier alpha value is -0.280. The first-order valence-electron chi connectivity index (χ1n) is 3.93. The van der Waals surface area contributed by atoms with Gasteiger partial charge in [-0.25, -0.2) is 0 Å². The number of thioether (sulfide) groups is 1. The summed E-state index contributed by atoms with van der Waals surface area (Å²) < 4.78 is 0.961. The van der Waals surface area contributed by atoms with E-state index in [0.29, 0.717) is 5.75 Å². The summed E-state index contributed by atoms with van der Waals surface area (Å²) in [5.74, 6) is 0.753. The maximum atomic E-state index is 11.6. The Morgan fingerprint density at radius 2 is 2.23 bits per heavy atom. The van der Waals surface area contributed by atoms with Crippen molar-refractivity contribution in [3.05, 3.63) is 33.8 Å². The van der Waals surface area contributed by atoms with Crippen molar-refractivity contribution in [2.45, 2.75) is 6.92 Å². The Morgan fingerprint density at radius 3 is 2.85 bits per heavy atom. The number of carbonyl (C=O) groups excluding carboxylic acids is 1. The van der Waals surface area contributed by atoms with Crippen LogP contribution in [0.1, 0.15) is 15.9 Å². The van der Waals surface area contributed by atoms with E-state index in [1.165, 1.54) is 0 Å². The van der Waals surface area contributed by atoms with Gasteiger partial charge in [0.1, 0.15) is 0 Å². The maximum Gasteiger partial charge on any atom is 0.173 e. The zero-order chi connectivity index (χ0) is 9.84. The van der Waals surface area contributed by atoms with Crippen LogP contribution >= 0.6 is 27.7 Å². The van der Waals surface area contributed by atoms with E-state index in [2.05, 4.69) is 15.9 Å². The molecule has 0 N–H and O–H groups in total. The molecule has 1 aromatic carbocycles. The summed E-state index contributed by atoms with van der Waals surface area (Å²) in [6.07, 6.45) is 1.94. The second kappa shape index (κ2) is 4.82. The SMILES string of the molecule is CSCC(=O)c1cc(Br)ccc1C. The summed E-state index contributed by atoms with van der Waals surface area (Å²) in [6.45, 7) is 1.96. The van der Waals surface area contributed by atoms with Crippen molar-refractivity contribution in [2.75, 3.05) is 12.0 Å². The predicted molar refractivity (Wildman–Crippen MR) is 61.6 cm³/mol. The lowest BCUT2D eigenvalue weighted by atomic mass is 10.1. The van der Waals surface area contributed by atoms with Gasteiger partial charge in [-0.2, -0.15) is 11.8 Å². The first kappa shape index (κ1) is 10.8. The standard InChI is InChI=1S/C10H11BrOS/c1-7-3-4-8(11)5-9(7)10(12)6-13-2/h3-5H,6H2,1-2H3. The van der Waals surface area contributed by atoms with Crippen molar-refractivity contribution in [2.24, 2.45) is 0 Å². The molecule has 0 fully saturated rings. The highest BCUT2D eigenvalue weighted by Gasteiger charge is 2.08. The van der Waals surface area contributed by atoms with Gasteiger partial charge in [0.25, 0.3) is 0 Å². The van der Waals surface area contributed by atoms with Gasteiger partial charge < -0.3 is 0 Å². The molecule has 0 saturated carbocycles. The van der Waals surface area contributed by atoms with Gasteiger partial charge in [0.2, 0.25) is 0 Å². The highest BCUT2D eigenvalue weighted by molar-refractivity contribution is 9.10. The molecule has 13 heavy (non-hydrogen) atoms. The molecular formula is C10H11BrOS. The van der Waals surface area contributed by atoms with Gasteiger partial charge in [-0.15, -0.1) is 0 Å². The molecule has 0 heterocycles. The zero-order valence-corrected chi connectivity index (χ0v) is 10.0. The molecule has 0 aliphatic rings. The third-order valence-corrected chi connectivity index (χ3v) is 2.82. The van der Waals surface area contributed by atoms with Crippen LogP contribution in [0.4, 0.5) is 0 Å². The molecule has 0 bridgehead atoms. The number of halogens is 1. The minimum absolute atomic E-state index is 0.200. The summed E-state index contributed by atoms with van der Waals surface area (Å²) in [5.41, 5.74) is 1.87.